The Morgan fingerprint density at radius 1 is 0.323 bits per heavy atom. The van der Waals surface area contributed by atoms with Gasteiger partial charge in [0.1, 0.15) is 13.2 Å². The molecule has 1 atom stereocenters. The fraction of sp³-hybridized carbons (Fsp3) is 0.768. The average molecular weight is 867 g/mol. The van der Waals surface area contributed by atoms with Crippen LogP contribution in [0.25, 0.3) is 0 Å². The molecule has 0 spiro atoms. The Labute approximate surface area is 383 Å². The van der Waals surface area contributed by atoms with E-state index in [0.29, 0.717) is 19.3 Å². The first-order chi connectivity index (χ1) is 30.5. The monoisotopic (exact) mass is 867 g/mol. The summed E-state index contributed by atoms with van der Waals surface area (Å²) in [4.78, 5) is 37.9. The summed E-state index contributed by atoms with van der Waals surface area (Å²) in [6.07, 6.45) is 62.0. The van der Waals surface area contributed by atoms with E-state index < -0.39 is 6.10 Å². The number of esters is 3. The van der Waals surface area contributed by atoms with Gasteiger partial charge in [-0.3, -0.25) is 14.4 Å². The molecule has 0 saturated carbocycles. The van der Waals surface area contributed by atoms with Crippen LogP contribution in [-0.4, -0.2) is 37.2 Å². The predicted octanol–water partition coefficient (Wildman–Crippen LogP) is 17.3. The third-order valence-corrected chi connectivity index (χ3v) is 11.2. The molecule has 6 nitrogen and oxygen atoms in total. The second-order valence-electron chi connectivity index (χ2n) is 17.4. The Morgan fingerprint density at radius 2 is 0.597 bits per heavy atom. The fourth-order valence-corrected chi connectivity index (χ4v) is 7.25. The number of carbonyl (C=O) groups excluding carboxylic acids is 3. The van der Waals surface area contributed by atoms with Crippen LogP contribution in [-0.2, 0) is 28.6 Å². The van der Waals surface area contributed by atoms with Gasteiger partial charge in [0.25, 0.3) is 0 Å². The van der Waals surface area contributed by atoms with Crippen molar-refractivity contribution in [3.63, 3.8) is 0 Å². The van der Waals surface area contributed by atoms with Crippen LogP contribution in [0.5, 0.6) is 0 Å². The Morgan fingerprint density at radius 3 is 1.03 bits per heavy atom. The molecule has 0 aromatic carbocycles. The van der Waals surface area contributed by atoms with Gasteiger partial charge < -0.3 is 14.2 Å². The highest BCUT2D eigenvalue weighted by molar-refractivity contribution is 5.71. The summed E-state index contributed by atoms with van der Waals surface area (Å²) in [5, 5.41) is 0. The highest BCUT2D eigenvalue weighted by Crippen LogP contribution is 2.15. The topological polar surface area (TPSA) is 78.9 Å². The van der Waals surface area contributed by atoms with E-state index >= 15 is 0 Å². The first kappa shape index (κ1) is 59.1. The molecule has 0 bridgehead atoms. The van der Waals surface area contributed by atoms with Crippen molar-refractivity contribution in [1.82, 2.24) is 0 Å². The van der Waals surface area contributed by atoms with Crippen molar-refractivity contribution < 1.29 is 28.6 Å². The van der Waals surface area contributed by atoms with Crippen molar-refractivity contribution in [3.8, 4) is 0 Å². The molecule has 0 N–H and O–H groups in total. The molecule has 62 heavy (non-hydrogen) atoms. The van der Waals surface area contributed by atoms with Crippen LogP contribution in [0.3, 0.4) is 0 Å². The normalized spacial score (nSPS) is 12.5. The minimum Gasteiger partial charge on any atom is -0.462 e. The summed E-state index contributed by atoms with van der Waals surface area (Å²) < 4.78 is 16.8. The Bertz CT molecular complexity index is 1130. The molecule has 0 fully saturated rings. The summed E-state index contributed by atoms with van der Waals surface area (Å²) >= 11 is 0. The van der Waals surface area contributed by atoms with E-state index in [9.17, 15) is 14.4 Å². The van der Waals surface area contributed by atoms with Gasteiger partial charge in [0.15, 0.2) is 6.10 Å². The van der Waals surface area contributed by atoms with E-state index in [4.69, 9.17) is 14.2 Å². The van der Waals surface area contributed by atoms with Crippen molar-refractivity contribution in [2.24, 2.45) is 0 Å². The molecule has 0 rings (SSSR count). The van der Waals surface area contributed by atoms with E-state index in [1.807, 2.05) is 0 Å². The molecule has 0 aliphatic rings. The van der Waals surface area contributed by atoms with Gasteiger partial charge in [0, 0.05) is 19.3 Å². The average Bonchev–Trinajstić information content (AvgIpc) is 3.27. The highest BCUT2D eigenvalue weighted by Gasteiger charge is 2.19. The molecule has 0 heterocycles. The lowest BCUT2D eigenvalue weighted by atomic mass is 10.0. The lowest BCUT2D eigenvalue weighted by molar-refractivity contribution is -0.167. The maximum Gasteiger partial charge on any atom is 0.306 e. The SMILES string of the molecule is CCCCC/C=C\C/C=C\C/C=C\C/C=C\CCCC(=O)OCC(COC(=O)CCCCCCCCCCCCCC)OC(=O)CCCCCCCCC/C=C\CCCCCC. The van der Waals surface area contributed by atoms with E-state index in [-0.39, 0.29) is 37.5 Å². The summed E-state index contributed by atoms with van der Waals surface area (Å²) in [5.41, 5.74) is 0. The quantitative estimate of drug-likeness (QED) is 0.0262. The molecular formula is C56H98O6. The lowest BCUT2D eigenvalue weighted by Gasteiger charge is -2.18. The molecule has 1 unspecified atom stereocenters. The van der Waals surface area contributed by atoms with Gasteiger partial charge in [0.2, 0.25) is 0 Å². The van der Waals surface area contributed by atoms with E-state index in [0.717, 1.165) is 64.2 Å². The van der Waals surface area contributed by atoms with Gasteiger partial charge >= 0.3 is 17.9 Å². The van der Waals surface area contributed by atoms with Crippen molar-refractivity contribution >= 4 is 17.9 Å². The van der Waals surface area contributed by atoms with Gasteiger partial charge in [-0.15, -0.1) is 0 Å². The maximum absolute atomic E-state index is 12.8. The van der Waals surface area contributed by atoms with Crippen molar-refractivity contribution in [1.29, 1.82) is 0 Å². The van der Waals surface area contributed by atoms with Crippen LogP contribution >= 0.6 is 0 Å². The van der Waals surface area contributed by atoms with Crippen molar-refractivity contribution in [2.45, 2.75) is 264 Å². The Hall–Kier alpha value is -2.89. The summed E-state index contributed by atoms with van der Waals surface area (Å²) in [7, 11) is 0. The van der Waals surface area contributed by atoms with Crippen LogP contribution in [0.2, 0.25) is 0 Å². The third kappa shape index (κ3) is 48.1. The van der Waals surface area contributed by atoms with Gasteiger partial charge in [-0.2, -0.15) is 0 Å². The van der Waals surface area contributed by atoms with Crippen LogP contribution in [0.1, 0.15) is 258 Å². The van der Waals surface area contributed by atoms with Crippen LogP contribution in [0.4, 0.5) is 0 Å². The standard InChI is InChI=1S/C56H98O6/c1-4-7-10-13-16-19-22-25-27-28-30-31-34-37-40-43-46-49-55(58)61-52-53(51-60-54(57)48-45-42-39-36-33-24-21-18-15-12-9-6-3)62-56(59)50-47-44-41-38-35-32-29-26-23-20-17-14-11-8-5-2/h16,19-20,23,25,27,30-31,37,40,53H,4-15,17-18,21-22,24,26,28-29,32-36,38-39,41-52H2,1-3H3/b19-16-,23-20-,27-25-,31-30-,40-37-. The van der Waals surface area contributed by atoms with Gasteiger partial charge in [-0.1, -0.05) is 216 Å². The van der Waals surface area contributed by atoms with Gasteiger partial charge in [0.05, 0.1) is 0 Å². The first-order valence-corrected chi connectivity index (χ1v) is 26.3. The molecule has 0 aromatic heterocycles. The zero-order chi connectivity index (χ0) is 45.1. The highest BCUT2D eigenvalue weighted by atomic mass is 16.6. The molecule has 0 radical (unpaired) electrons. The number of allylic oxidation sites excluding steroid dienone is 10. The lowest BCUT2D eigenvalue weighted by Crippen LogP contribution is -2.30. The summed E-state index contributed by atoms with van der Waals surface area (Å²) in [6.45, 7) is 6.55. The van der Waals surface area contributed by atoms with Crippen LogP contribution < -0.4 is 0 Å². The molecule has 0 amide bonds. The van der Waals surface area contributed by atoms with Gasteiger partial charge in [-0.25, -0.2) is 0 Å². The molecule has 0 aromatic rings. The zero-order valence-electron chi connectivity index (χ0n) is 40.9. The van der Waals surface area contributed by atoms with Crippen LogP contribution in [0.15, 0.2) is 60.8 Å². The van der Waals surface area contributed by atoms with E-state index in [1.54, 1.807) is 0 Å². The molecular weight excluding hydrogens is 769 g/mol. The summed E-state index contributed by atoms with van der Waals surface area (Å²) in [6, 6.07) is 0. The second-order valence-corrected chi connectivity index (χ2v) is 17.4. The fourth-order valence-electron chi connectivity index (χ4n) is 7.25. The van der Waals surface area contributed by atoms with E-state index in [1.165, 1.54) is 148 Å². The molecule has 358 valence electrons. The number of ether oxygens (including phenoxy) is 3. The largest absolute Gasteiger partial charge is 0.462 e. The summed E-state index contributed by atoms with van der Waals surface area (Å²) in [5.74, 6) is -0.949. The third-order valence-electron chi connectivity index (χ3n) is 11.2. The molecule has 0 aliphatic carbocycles. The number of rotatable bonds is 47. The predicted molar refractivity (Wildman–Crippen MR) is 265 cm³/mol. The maximum atomic E-state index is 12.8. The number of hydrogen-bond donors (Lipinski definition) is 0. The minimum absolute atomic E-state index is 0.0909. The smallest absolute Gasteiger partial charge is 0.306 e. The van der Waals surface area contributed by atoms with Gasteiger partial charge in [-0.05, 0) is 83.5 Å². The van der Waals surface area contributed by atoms with Crippen LogP contribution in [0, 0.1) is 0 Å². The first-order valence-electron chi connectivity index (χ1n) is 26.3. The number of hydrogen-bond acceptors (Lipinski definition) is 6. The minimum atomic E-state index is -0.795. The number of carbonyl (C=O) groups is 3. The molecule has 0 aliphatic heterocycles. The van der Waals surface area contributed by atoms with Crippen molar-refractivity contribution in [2.75, 3.05) is 13.2 Å². The molecule has 6 heteroatoms. The molecule has 0 saturated heterocycles. The number of unbranched alkanes of at least 4 members (excludes halogenated alkanes) is 26. The Kier molecular flexibility index (Phi) is 48.4. The van der Waals surface area contributed by atoms with Crippen molar-refractivity contribution in [3.05, 3.63) is 60.8 Å². The second kappa shape index (κ2) is 50.8. The Balaban J connectivity index is 4.46. The zero-order valence-corrected chi connectivity index (χ0v) is 40.9. The van der Waals surface area contributed by atoms with E-state index in [2.05, 4.69) is 81.5 Å².